The van der Waals surface area contributed by atoms with Gasteiger partial charge in [-0.2, -0.15) is 13.2 Å². The maximum absolute atomic E-state index is 12.4. The van der Waals surface area contributed by atoms with E-state index in [1.807, 2.05) is 61.7 Å². The topological polar surface area (TPSA) is 122 Å². The number of carbonyl (C=O) groups is 3. The van der Waals surface area contributed by atoms with E-state index >= 15 is 0 Å². The summed E-state index contributed by atoms with van der Waals surface area (Å²) in [7, 11) is 1.33. The average Bonchev–Trinajstić information content (AvgIpc) is 3.48. The Morgan fingerprint density at radius 3 is 2.36 bits per heavy atom. The third-order valence-corrected chi connectivity index (χ3v) is 8.36. The van der Waals surface area contributed by atoms with Gasteiger partial charge in [0.05, 0.1) is 25.8 Å². The van der Waals surface area contributed by atoms with Crippen LogP contribution in [-0.2, 0) is 35.2 Å². The number of thiophene rings is 1. The van der Waals surface area contributed by atoms with E-state index in [0.29, 0.717) is 17.2 Å². The number of fused-ring (bicyclic) bond motifs is 3. The SMILES string of the molecule is COC(=O)C[C@@H]1N=C(c2ccc(-c3cccc(COCC(=O)OC(=O)C(F)(F)F)c3)cc2)c2c(sc(C)c2C)-n2c(C)nnc21. The zero-order chi connectivity index (χ0) is 32.5. The molecule has 0 N–H and O–H groups in total. The van der Waals surface area contributed by atoms with Crippen LogP contribution in [0.15, 0.2) is 53.5 Å². The summed E-state index contributed by atoms with van der Waals surface area (Å²) < 4.78 is 52.6. The Bertz CT molecular complexity index is 1810. The predicted molar refractivity (Wildman–Crippen MR) is 157 cm³/mol. The largest absolute Gasteiger partial charge is 0.491 e. The van der Waals surface area contributed by atoms with Gasteiger partial charge in [0.15, 0.2) is 5.82 Å². The molecule has 234 valence electrons. The Kier molecular flexibility index (Phi) is 8.98. The molecule has 0 saturated carbocycles. The Labute approximate surface area is 259 Å². The highest BCUT2D eigenvalue weighted by Crippen LogP contribution is 2.39. The number of ether oxygens (including phenoxy) is 3. The van der Waals surface area contributed by atoms with E-state index in [1.165, 1.54) is 7.11 Å². The number of carbonyl (C=O) groups excluding carboxylic acids is 3. The number of halogens is 3. The molecule has 2 aromatic carbocycles. The first-order valence-electron chi connectivity index (χ1n) is 13.6. The van der Waals surface area contributed by atoms with E-state index < -0.39 is 36.7 Å². The normalized spacial score (nSPS) is 14.2. The fourth-order valence-electron chi connectivity index (χ4n) is 4.87. The molecule has 0 bridgehead atoms. The summed E-state index contributed by atoms with van der Waals surface area (Å²) in [6, 6.07) is 14.3. The van der Waals surface area contributed by atoms with Gasteiger partial charge < -0.3 is 14.2 Å². The molecule has 0 spiro atoms. The van der Waals surface area contributed by atoms with Crippen LogP contribution in [0.5, 0.6) is 0 Å². The molecule has 1 aliphatic rings. The Morgan fingerprint density at radius 2 is 1.67 bits per heavy atom. The summed E-state index contributed by atoms with van der Waals surface area (Å²) in [6.07, 6.45) is -5.27. The number of benzene rings is 2. The number of hydrogen-bond donors (Lipinski definition) is 0. The number of aliphatic imine (C=N–C) groups is 1. The van der Waals surface area contributed by atoms with Crippen LogP contribution in [-0.4, -0.2) is 58.3 Å². The smallest absolute Gasteiger partial charge is 0.469 e. The molecule has 0 aliphatic carbocycles. The second-order valence-electron chi connectivity index (χ2n) is 10.2. The highest BCUT2D eigenvalue weighted by atomic mass is 32.1. The van der Waals surface area contributed by atoms with E-state index in [1.54, 1.807) is 23.5 Å². The average molecular weight is 641 g/mol. The molecule has 0 unspecified atom stereocenters. The molecule has 14 heteroatoms. The van der Waals surface area contributed by atoms with Gasteiger partial charge in [-0.1, -0.05) is 42.5 Å². The molecule has 10 nitrogen and oxygen atoms in total. The van der Waals surface area contributed by atoms with Gasteiger partial charge in [0, 0.05) is 16.0 Å². The molecule has 1 aliphatic heterocycles. The maximum atomic E-state index is 12.4. The number of aromatic nitrogens is 3. The minimum absolute atomic E-state index is 0.00555. The van der Waals surface area contributed by atoms with Crippen molar-refractivity contribution in [1.29, 1.82) is 0 Å². The van der Waals surface area contributed by atoms with Gasteiger partial charge >= 0.3 is 24.1 Å². The van der Waals surface area contributed by atoms with Crippen LogP contribution in [0.3, 0.4) is 0 Å². The molecule has 2 aromatic heterocycles. The van der Waals surface area contributed by atoms with Gasteiger partial charge in [0.25, 0.3) is 0 Å². The number of rotatable bonds is 8. The highest BCUT2D eigenvalue weighted by Gasteiger charge is 2.42. The van der Waals surface area contributed by atoms with Gasteiger partial charge in [-0.05, 0) is 49.1 Å². The van der Waals surface area contributed by atoms with Crippen molar-refractivity contribution >= 4 is 35.0 Å². The lowest BCUT2D eigenvalue weighted by molar-refractivity contribution is -0.203. The van der Waals surface area contributed by atoms with Crippen molar-refractivity contribution in [2.75, 3.05) is 13.7 Å². The minimum Gasteiger partial charge on any atom is -0.469 e. The lowest BCUT2D eigenvalue weighted by Crippen LogP contribution is -2.29. The van der Waals surface area contributed by atoms with E-state index in [0.717, 1.165) is 43.4 Å². The Morgan fingerprint density at radius 1 is 0.956 bits per heavy atom. The van der Waals surface area contributed by atoms with Crippen LogP contribution in [0.25, 0.3) is 16.1 Å². The van der Waals surface area contributed by atoms with E-state index in [9.17, 15) is 27.6 Å². The molecule has 5 rings (SSSR count). The van der Waals surface area contributed by atoms with Gasteiger partial charge in [-0.15, -0.1) is 21.5 Å². The van der Waals surface area contributed by atoms with Crippen molar-refractivity contribution < 1.29 is 41.8 Å². The van der Waals surface area contributed by atoms with Crippen molar-refractivity contribution in [3.05, 3.63) is 87.3 Å². The van der Waals surface area contributed by atoms with E-state index in [-0.39, 0.29) is 13.0 Å². The fraction of sp³-hybridized carbons (Fsp3) is 0.290. The van der Waals surface area contributed by atoms with Crippen molar-refractivity contribution in [2.45, 2.75) is 46.0 Å². The molecule has 3 heterocycles. The third-order valence-electron chi connectivity index (χ3n) is 7.17. The summed E-state index contributed by atoms with van der Waals surface area (Å²) >= 11 is 1.61. The summed E-state index contributed by atoms with van der Waals surface area (Å²) in [5.74, 6) is -3.20. The highest BCUT2D eigenvalue weighted by molar-refractivity contribution is 7.15. The lowest BCUT2D eigenvalue weighted by atomic mass is 9.96. The maximum Gasteiger partial charge on any atom is 0.491 e. The number of esters is 3. The molecular formula is C31H27F3N4O6S. The summed E-state index contributed by atoms with van der Waals surface area (Å²) in [4.78, 5) is 40.8. The zero-order valence-corrected chi connectivity index (χ0v) is 25.4. The van der Waals surface area contributed by atoms with Crippen LogP contribution >= 0.6 is 11.3 Å². The molecule has 0 radical (unpaired) electrons. The minimum atomic E-state index is -5.27. The van der Waals surface area contributed by atoms with Crippen LogP contribution in [0.2, 0.25) is 0 Å². The molecular weight excluding hydrogens is 613 g/mol. The zero-order valence-electron chi connectivity index (χ0n) is 24.6. The van der Waals surface area contributed by atoms with Crippen molar-refractivity contribution in [3.8, 4) is 16.1 Å². The van der Waals surface area contributed by atoms with Crippen LogP contribution in [0.4, 0.5) is 13.2 Å². The monoisotopic (exact) mass is 640 g/mol. The molecule has 0 saturated heterocycles. The van der Waals surface area contributed by atoms with E-state index in [4.69, 9.17) is 14.5 Å². The molecule has 4 aromatic rings. The van der Waals surface area contributed by atoms with Crippen molar-refractivity contribution in [2.24, 2.45) is 4.99 Å². The summed E-state index contributed by atoms with van der Waals surface area (Å²) in [6.45, 7) is 5.03. The number of methoxy groups -OCH3 is 1. The van der Waals surface area contributed by atoms with Gasteiger partial charge in [0.2, 0.25) is 0 Å². The number of hydrogen-bond acceptors (Lipinski definition) is 10. The second-order valence-corrected chi connectivity index (χ2v) is 11.4. The number of alkyl halides is 3. The molecule has 0 fully saturated rings. The molecule has 0 amide bonds. The summed E-state index contributed by atoms with van der Waals surface area (Å²) in [5.41, 5.74) is 5.90. The first-order chi connectivity index (χ1) is 21.4. The standard InChI is InChI=1S/C31H27F3N4O6S/c1-16-17(2)45-29-26(16)27(35-23(13-24(39)42-4)28-37-36-18(3)38(28)29)21-10-8-20(9-11-21)22-7-5-6-19(12-22)14-43-15-25(40)44-30(41)31(32,33)34/h5-12,23H,13-15H2,1-4H3/t23-/m0/s1. The predicted octanol–water partition coefficient (Wildman–Crippen LogP) is 5.52. The first kappa shape index (κ1) is 31.7. The van der Waals surface area contributed by atoms with Crippen LogP contribution in [0, 0.1) is 20.8 Å². The third kappa shape index (κ3) is 6.71. The quantitative estimate of drug-likeness (QED) is 0.182. The Hall–Kier alpha value is -4.69. The molecule has 1 atom stereocenters. The van der Waals surface area contributed by atoms with Gasteiger partial charge in [-0.3, -0.25) is 14.4 Å². The van der Waals surface area contributed by atoms with Crippen molar-refractivity contribution in [3.63, 3.8) is 0 Å². The van der Waals surface area contributed by atoms with Gasteiger partial charge in [0.1, 0.15) is 23.5 Å². The Balaban J connectivity index is 1.39. The number of nitrogens with zero attached hydrogens (tertiary/aromatic N) is 4. The van der Waals surface area contributed by atoms with Crippen LogP contribution in [0.1, 0.15) is 51.2 Å². The van der Waals surface area contributed by atoms with Crippen molar-refractivity contribution in [1.82, 2.24) is 14.8 Å². The van der Waals surface area contributed by atoms with Crippen LogP contribution < -0.4 is 0 Å². The first-order valence-corrected chi connectivity index (χ1v) is 14.5. The summed E-state index contributed by atoms with van der Waals surface area (Å²) in [5, 5.41) is 9.57. The fourth-order valence-corrected chi connectivity index (χ4v) is 6.08. The second kappa shape index (κ2) is 12.7. The molecule has 45 heavy (non-hydrogen) atoms. The lowest BCUT2D eigenvalue weighted by Gasteiger charge is -2.12. The van der Waals surface area contributed by atoms with E-state index in [2.05, 4.69) is 14.9 Å². The van der Waals surface area contributed by atoms with Gasteiger partial charge in [-0.25, -0.2) is 9.59 Å². The number of aryl methyl sites for hydroxylation is 2.